The number of carbonyl (C=O) groups is 1. The molecule has 0 radical (unpaired) electrons. The molecule has 1 aliphatic rings. The maximum absolute atomic E-state index is 10.8. The quantitative estimate of drug-likeness (QED) is 0.657. The van der Waals surface area contributed by atoms with Gasteiger partial charge in [-0.05, 0) is 54.3 Å². The van der Waals surface area contributed by atoms with E-state index in [2.05, 4.69) is 42.0 Å². The van der Waals surface area contributed by atoms with Crippen LogP contribution in [0.25, 0.3) is 17.0 Å². The fraction of sp³-hybridized carbons (Fsp3) is 0.190. The van der Waals surface area contributed by atoms with Crippen LogP contribution in [0.3, 0.4) is 0 Å². The van der Waals surface area contributed by atoms with E-state index in [4.69, 9.17) is 9.47 Å². The van der Waals surface area contributed by atoms with Crippen LogP contribution in [0.2, 0.25) is 0 Å². The first kappa shape index (κ1) is 15.5. The maximum atomic E-state index is 10.8. The first-order valence-corrected chi connectivity index (χ1v) is 8.40. The van der Waals surface area contributed by atoms with Crippen molar-refractivity contribution in [3.63, 3.8) is 0 Å². The van der Waals surface area contributed by atoms with Gasteiger partial charge in [-0.15, -0.1) is 0 Å². The lowest BCUT2D eigenvalue weighted by atomic mass is 10.1. The van der Waals surface area contributed by atoms with E-state index in [-0.39, 0.29) is 0 Å². The van der Waals surface area contributed by atoms with Crippen molar-refractivity contribution in [1.29, 1.82) is 0 Å². The van der Waals surface area contributed by atoms with Gasteiger partial charge in [0.2, 0.25) is 0 Å². The van der Waals surface area contributed by atoms with E-state index in [1.807, 2.05) is 24.3 Å². The van der Waals surface area contributed by atoms with E-state index in [9.17, 15) is 4.79 Å². The monoisotopic (exact) mass is 333 g/mol. The average molecular weight is 333 g/mol. The van der Waals surface area contributed by atoms with E-state index >= 15 is 0 Å². The van der Waals surface area contributed by atoms with Crippen molar-refractivity contribution >= 4 is 23.3 Å². The van der Waals surface area contributed by atoms with Crippen LogP contribution in [-0.4, -0.2) is 17.5 Å². The van der Waals surface area contributed by atoms with Crippen LogP contribution in [0, 0.1) is 0 Å². The summed E-state index contributed by atoms with van der Waals surface area (Å²) in [6.45, 7) is 3.92. The van der Waals surface area contributed by atoms with E-state index < -0.39 is 0 Å². The highest BCUT2D eigenvalue weighted by molar-refractivity contribution is 5.84. The predicted molar refractivity (Wildman–Crippen MR) is 97.9 cm³/mol. The SMILES string of the molecule is CCn1ccc2cc(COc3ccc4c(c3)OCC(C=O)=C4)ccc21. The third kappa shape index (κ3) is 3.03. The lowest BCUT2D eigenvalue weighted by molar-refractivity contribution is -0.105. The fourth-order valence-electron chi connectivity index (χ4n) is 3.10. The van der Waals surface area contributed by atoms with Crippen LogP contribution in [-0.2, 0) is 17.9 Å². The predicted octanol–water partition coefficient (Wildman–Crippen LogP) is 4.21. The number of hydrogen-bond donors (Lipinski definition) is 0. The molecule has 0 bridgehead atoms. The molecule has 4 heteroatoms. The number of nitrogens with zero attached hydrogens (tertiary/aromatic N) is 1. The van der Waals surface area contributed by atoms with Gasteiger partial charge in [-0.1, -0.05) is 6.07 Å². The fourth-order valence-corrected chi connectivity index (χ4v) is 3.10. The second-order valence-electron chi connectivity index (χ2n) is 6.11. The summed E-state index contributed by atoms with van der Waals surface area (Å²) in [5.74, 6) is 1.51. The molecule has 0 unspecified atom stereocenters. The van der Waals surface area contributed by atoms with Crippen LogP contribution in [0.1, 0.15) is 18.1 Å². The zero-order valence-electron chi connectivity index (χ0n) is 14.1. The molecule has 4 nitrogen and oxygen atoms in total. The third-order valence-electron chi connectivity index (χ3n) is 4.45. The normalized spacial score (nSPS) is 13.1. The highest BCUT2D eigenvalue weighted by atomic mass is 16.5. The molecule has 0 amide bonds. The molecule has 2 heterocycles. The number of aromatic nitrogens is 1. The highest BCUT2D eigenvalue weighted by Gasteiger charge is 2.12. The van der Waals surface area contributed by atoms with Crippen molar-refractivity contribution in [3.8, 4) is 11.5 Å². The summed E-state index contributed by atoms with van der Waals surface area (Å²) in [6, 6.07) is 14.2. The summed E-state index contributed by atoms with van der Waals surface area (Å²) in [5.41, 5.74) is 3.92. The summed E-state index contributed by atoms with van der Waals surface area (Å²) in [7, 11) is 0. The van der Waals surface area contributed by atoms with E-state index in [0.29, 0.717) is 18.8 Å². The smallest absolute Gasteiger partial charge is 0.149 e. The molecule has 0 fully saturated rings. The first-order valence-electron chi connectivity index (χ1n) is 8.40. The van der Waals surface area contributed by atoms with Gasteiger partial charge < -0.3 is 14.0 Å². The Balaban J connectivity index is 1.50. The molecule has 4 rings (SSSR count). The number of hydrogen-bond acceptors (Lipinski definition) is 3. The third-order valence-corrected chi connectivity index (χ3v) is 4.45. The molecular formula is C21H19NO3. The highest BCUT2D eigenvalue weighted by Crippen LogP contribution is 2.30. The van der Waals surface area contributed by atoms with Gasteiger partial charge in [-0.3, -0.25) is 4.79 Å². The summed E-state index contributed by atoms with van der Waals surface area (Å²) in [5, 5.41) is 1.23. The molecule has 0 N–H and O–H groups in total. The molecule has 1 aromatic heterocycles. The second-order valence-corrected chi connectivity index (χ2v) is 6.11. The maximum Gasteiger partial charge on any atom is 0.149 e. The van der Waals surface area contributed by atoms with Crippen molar-refractivity contribution in [1.82, 2.24) is 4.57 Å². The number of aryl methyl sites for hydroxylation is 1. The standard InChI is InChI=1S/C21H19NO3/c1-2-22-8-7-17-9-15(3-6-20(17)22)13-24-19-5-4-18-10-16(12-23)14-25-21(18)11-19/h3-12H,2,13-14H2,1H3. The van der Waals surface area contributed by atoms with Gasteiger partial charge in [-0.25, -0.2) is 0 Å². The van der Waals surface area contributed by atoms with E-state index in [0.717, 1.165) is 35.5 Å². The molecule has 0 spiro atoms. The topological polar surface area (TPSA) is 40.5 Å². The van der Waals surface area contributed by atoms with Gasteiger partial charge in [0.1, 0.15) is 31.0 Å². The Kier molecular flexibility index (Phi) is 4.02. The van der Waals surface area contributed by atoms with Gasteiger partial charge >= 0.3 is 0 Å². The van der Waals surface area contributed by atoms with Crippen LogP contribution >= 0.6 is 0 Å². The molecule has 25 heavy (non-hydrogen) atoms. The van der Waals surface area contributed by atoms with Crippen molar-refractivity contribution in [2.75, 3.05) is 6.61 Å². The van der Waals surface area contributed by atoms with Crippen molar-refractivity contribution < 1.29 is 14.3 Å². The molecular weight excluding hydrogens is 314 g/mol. The van der Waals surface area contributed by atoms with Crippen molar-refractivity contribution in [2.45, 2.75) is 20.1 Å². The summed E-state index contributed by atoms with van der Waals surface area (Å²) in [6.07, 6.45) is 4.79. The minimum Gasteiger partial charge on any atom is -0.489 e. The van der Waals surface area contributed by atoms with Gasteiger partial charge in [0.05, 0.1) is 0 Å². The Morgan fingerprint density at radius 1 is 1.20 bits per heavy atom. The number of aldehydes is 1. The minimum atomic E-state index is 0.311. The molecule has 3 aromatic rings. The molecule has 1 aliphatic heterocycles. The molecule has 2 aromatic carbocycles. The van der Waals surface area contributed by atoms with E-state index in [1.54, 1.807) is 0 Å². The lowest BCUT2D eigenvalue weighted by Gasteiger charge is -2.16. The molecule has 126 valence electrons. The molecule has 0 atom stereocenters. The van der Waals surface area contributed by atoms with Crippen LogP contribution in [0.4, 0.5) is 0 Å². The lowest BCUT2D eigenvalue weighted by Crippen LogP contribution is -2.08. The van der Waals surface area contributed by atoms with Crippen molar-refractivity contribution in [3.05, 3.63) is 65.4 Å². The minimum absolute atomic E-state index is 0.311. The Bertz CT molecular complexity index is 968. The van der Waals surface area contributed by atoms with Gasteiger partial charge in [0.15, 0.2) is 0 Å². The summed E-state index contributed by atoms with van der Waals surface area (Å²) in [4.78, 5) is 10.8. The first-order chi connectivity index (χ1) is 12.3. The van der Waals surface area contributed by atoms with Gasteiger partial charge in [-0.2, -0.15) is 0 Å². The second kappa shape index (κ2) is 6.48. The van der Waals surface area contributed by atoms with Gasteiger partial charge in [0, 0.05) is 35.5 Å². The van der Waals surface area contributed by atoms with Crippen LogP contribution in [0.5, 0.6) is 11.5 Å². The average Bonchev–Trinajstić information content (AvgIpc) is 3.08. The molecule has 0 saturated heterocycles. The Labute approximate surface area is 146 Å². The number of carbonyl (C=O) groups excluding carboxylic acids is 1. The van der Waals surface area contributed by atoms with Crippen molar-refractivity contribution in [2.24, 2.45) is 0 Å². The number of benzene rings is 2. The number of fused-ring (bicyclic) bond motifs is 2. The Hall–Kier alpha value is -3.01. The van der Waals surface area contributed by atoms with Crippen LogP contribution < -0.4 is 9.47 Å². The molecule has 0 saturated carbocycles. The summed E-state index contributed by atoms with van der Waals surface area (Å²) < 4.78 is 13.8. The van der Waals surface area contributed by atoms with Crippen LogP contribution in [0.15, 0.2) is 54.2 Å². The zero-order chi connectivity index (χ0) is 17.2. The number of rotatable bonds is 5. The van der Waals surface area contributed by atoms with Gasteiger partial charge in [0.25, 0.3) is 0 Å². The zero-order valence-corrected chi connectivity index (χ0v) is 14.1. The van der Waals surface area contributed by atoms with E-state index in [1.165, 1.54) is 10.9 Å². The largest absolute Gasteiger partial charge is 0.489 e. The Morgan fingerprint density at radius 2 is 2.12 bits per heavy atom. The Morgan fingerprint density at radius 3 is 2.96 bits per heavy atom. The summed E-state index contributed by atoms with van der Waals surface area (Å²) >= 11 is 0. The number of ether oxygens (including phenoxy) is 2. The molecule has 0 aliphatic carbocycles.